The second kappa shape index (κ2) is 6.84. The van der Waals surface area contributed by atoms with Gasteiger partial charge in [0.2, 0.25) is 0 Å². The molecule has 4 rings (SSSR count). The molecular weight excluding hydrogens is 316 g/mol. The van der Waals surface area contributed by atoms with E-state index in [4.69, 9.17) is 9.15 Å². The molecule has 6 nitrogen and oxygen atoms in total. The molecule has 1 aliphatic carbocycles. The number of anilines is 1. The monoisotopic (exact) mass is 344 g/mol. The maximum atomic E-state index is 5.99. The van der Waals surface area contributed by atoms with Crippen LogP contribution in [0.25, 0.3) is 0 Å². The van der Waals surface area contributed by atoms with E-state index in [0.717, 1.165) is 62.5 Å². The van der Waals surface area contributed by atoms with Gasteiger partial charge >= 0.3 is 0 Å². The summed E-state index contributed by atoms with van der Waals surface area (Å²) in [5.41, 5.74) is 2.36. The summed E-state index contributed by atoms with van der Waals surface area (Å²) in [5.74, 6) is 4.79. The number of hydrogen-bond donors (Lipinski definition) is 1. The van der Waals surface area contributed by atoms with Crippen LogP contribution in [0, 0.1) is 12.8 Å². The molecule has 1 aliphatic heterocycles. The Hall–Kier alpha value is -1.79. The molecule has 2 atom stereocenters. The second-order valence-electron chi connectivity index (χ2n) is 7.34. The lowest BCUT2D eigenvalue weighted by Gasteiger charge is -2.29. The number of ether oxygens (including phenoxy) is 1. The van der Waals surface area contributed by atoms with Crippen LogP contribution in [0.5, 0.6) is 0 Å². The third kappa shape index (κ3) is 3.46. The number of aryl methyl sites for hydroxylation is 2. The molecular formula is C19H28N4O2. The van der Waals surface area contributed by atoms with E-state index in [1.165, 1.54) is 17.8 Å². The lowest BCUT2D eigenvalue weighted by molar-refractivity contribution is 0.122. The Balaban J connectivity index is 1.39. The van der Waals surface area contributed by atoms with Gasteiger partial charge in [0.05, 0.1) is 25.5 Å². The van der Waals surface area contributed by atoms with E-state index in [1.54, 1.807) is 0 Å². The van der Waals surface area contributed by atoms with Crippen LogP contribution in [0.2, 0.25) is 0 Å². The van der Waals surface area contributed by atoms with Crippen molar-refractivity contribution < 1.29 is 9.15 Å². The van der Waals surface area contributed by atoms with Crippen LogP contribution < -0.4 is 10.2 Å². The molecule has 1 saturated carbocycles. The summed E-state index contributed by atoms with van der Waals surface area (Å²) in [6.45, 7) is 9.32. The topological polar surface area (TPSA) is 55.5 Å². The van der Waals surface area contributed by atoms with Crippen LogP contribution in [-0.4, -0.2) is 36.1 Å². The number of hydrogen-bond acceptors (Lipinski definition) is 5. The Morgan fingerprint density at radius 2 is 2.00 bits per heavy atom. The molecule has 0 aromatic carbocycles. The van der Waals surface area contributed by atoms with E-state index in [0.29, 0.717) is 5.92 Å². The van der Waals surface area contributed by atoms with Crippen LogP contribution in [0.15, 0.2) is 16.5 Å². The molecule has 0 bridgehead atoms. The molecule has 3 heterocycles. The van der Waals surface area contributed by atoms with Crippen LogP contribution >= 0.6 is 0 Å². The highest BCUT2D eigenvalue weighted by Crippen LogP contribution is 2.47. The maximum Gasteiger partial charge on any atom is 0.131 e. The summed E-state index contributed by atoms with van der Waals surface area (Å²) < 4.78 is 13.5. The first kappa shape index (κ1) is 16.7. The van der Waals surface area contributed by atoms with Crippen molar-refractivity contribution in [1.29, 1.82) is 0 Å². The van der Waals surface area contributed by atoms with E-state index >= 15 is 0 Å². The van der Waals surface area contributed by atoms with Crippen LogP contribution in [0.1, 0.15) is 42.0 Å². The minimum atomic E-state index is 0.641. The van der Waals surface area contributed by atoms with Gasteiger partial charge in [-0.25, -0.2) is 0 Å². The van der Waals surface area contributed by atoms with Crippen molar-refractivity contribution in [1.82, 2.24) is 15.1 Å². The highest BCUT2D eigenvalue weighted by atomic mass is 16.5. The smallest absolute Gasteiger partial charge is 0.131 e. The first-order valence-corrected chi connectivity index (χ1v) is 9.28. The maximum absolute atomic E-state index is 5.99. The first-order valence-electron chi connectivity index (χ1n) is 9.28. The summed E-state index contributed by atoms with van der Waals surface area (Å²) >= 11 is 0. The molecule has 0 spiro atoms. The van der Waals surface area contributed by atoms with Gasteiger partial charge in [-0.1, -0.05) is 6.92 Å². The summed E-state index contributed by atoms with van der Waals surface area (Å²) in [4.78, 5) is 2.37. The van der Waals surface area contributed by atoms with E-state index < -0.39 is 0 Å². The number of nitrogens with zero attached hydrogens (tertiary/aromatic N) is 3. The van der Waals surface area contributed by atoms with Gasteiger partial charge in [0.15, 0.2) is 0 Å². The predicted octanol–water partition coefficient (Wildman–Crippen LogP) is 2.57. The molecule has 2 aromatic rings. The van der Waals surface area contributed by atoms with Gasteiger partial charge in [-0.05, 0) is 31.4 Å². The largest absolute Gasteiger partial charge is 0.464 e. The summed E-state index contributed by atoms with van der Waals surface area (Å²) in [5, 5.41) is 8.16. The Bertz CT molecular complexity index is 730. The standard InChI is InChI=1S/C19H28N4O2/c1-13-10-16(13)18-5-4-15(25-18)11-20-12-17-14(2)21-22(3)19(17)23-6-8-24-9-7-23/h4-5,13,16,20H,6-12H2,1-3H3/t13-,16+/m0/s1. The molecule has 1 N–H and O–H groups in total. The predicted molar refractivity (Wildman–Crippen MR) is 96.8 cm³/mol. The number of rotatable bonds is 6. The van der Waals surface area contributed by atoms with Gasteiger partial charge in [0, 0.05) is 38.2 Å². The zero-order valence-electron chi connectivity index (χ0n) is 15.4. The number of morpholine rings is 1. The van der Waals surface area contributed by atoms with Gasteiger partial charge in [-0.3, -0.25) is 4.68 Å². The Morgan fingerprint density at radius 3 is 2.72 bits per heavy atom. The average Bonchev–Trinajstić information content (AvgIpc) is 3.03. The second-order valence-corrected chi connectivity index (χ2v) is 7.34. The quantitative estimate of drug-likeness (QED) is 0.873. The number of aromatic nitrogens is 2. The highest BCUT2D eigenvalue weighted by Gasteiger charge is 2.36. The summed E-state index contributed by atoms with van der Waals surface area (Å²) in [6.07, 6.45) is 1.26. The van der Waals surface area contributed by atoms with Crippen LogP contribution in [0.4, 0.5) is 5.82 Å². The fourth-order valence-corrected chi connectivity index (χ4v) is 3.79. The molecule has 6 heteroatoms. The zero-order chi connectivity index (χ0) is 17.4. The highest BCUT2D eigenvalue weighted by molar-refractivity contribution is 5.50. The lowest BCUT2D eigenvalue weighted by Crippen LogP contribution is -2.38. The number of furan rings is 1. The molecule has 0 radical (unpaired) electrons. The van der Waals surface area contributed by atoms with Gasteiger partial charge in [-0.2, -0.15) is 5.10 Å². The third-order valence-electron chi connectivity index (χ3n) is 5.38. The fraction of sp³-hybridized carbons (Fsp3) is 0.632. The Morgan fingerprint density at radius 1 is 1.24 bits per heavy atom. The fourth-order valence-electron chi connectivity index (χ4n) is 3.79. The normalized spacial score (nSPS) is 23.2. The number of nitrogens with one attached hydrogen (secondary N) is 1. The molecule has 2 fully saturated rings. The summed E-state index contributed by atoms with van der Waals surface area (Å²) in [6, 6.07) is 4.24. The van der Waals surface area contributed by atoms with Crippen molar-refractivity contribution in [3.63, 3.8) is 0 Å². The van der Waals surface area contributed by atoms with Crippen molar-refractivity contribution in [3.05, 3.63) is 34.9 Å². The van der Waals surface area contributed by atoms with Crippen molar-refractivity contribution in [3.8, 4) is 0 Å². The van der Waals surface area contributed by atoms with E-state index in [9.17, 15) is 0 Å². The van der Waals surface area contributed by atoms with E-state index in [-0.39, 0.29) is 0 Å². The third-order valence-corrected chi connectivity index (χ3v) is 5.38. The Labute approximate surface area is 149 Å². The average molecular weight is 344 g/mol. The van der Waals surface area contributed by atoms with Crippen molar-refractivity contribution in [2.45, 2.75) is 39.3 Å². The summed E-state index contributed by atoms with van der Waals surface area (Å²) in [7, 11) is 2.02. The molecule has 0 amide bonds. The van der Waals surface area contributed by atoms with Gasteiger partial charge < -0.3 is 19.4 Å². The van der Waals surface area contributed by atoms with Gasteiger partial charge in [0.1, 0.15) is 17.3 Å². The molecule has 25 heavy (non-hydrogen) atoms. The van der Waals surface area contributed by atoms with Crippen molar-refractivity contribution in [2.24, 2.45) is 13.0 Å². The van der Waals surface area contributed by atoms with Crippen molar-refractivity contribution >= 4 is 5.82 Å². The molecule has 1 saturated heterocycles. The van der Waals surface area contributed by atoms with Gasteiger partial charge in [0.25, 0.3) is 0 Å². The first-order chi connectivity index (χ1) is 12.1. The van der Waals surface area contributed by atoms with Gasteiger partial charge in [-0.15, -0.1) is 0 Å². The molecule has 0 unspecified atom stereocenters. The zero-order valence-corrected chi connectivity index (χ0v) is 15.4. The lowest BCUT2D eigenvalue weighted by atomic mass is 10.2. The molecule has 136 valence electrons. The van der Waals surface area contributed by atoms with E-state index in [2.05, 4.69) is 41.3 Å². The van der Waals surface area contributed by atoms with Crippen LogP contribution in [-0.2, 0) is 24.9 Å². The van der Waals surface area contributed by atoms with Crippen molar-refractivity contribution in [2.75, 3.05) is 31.2 Å². The minimum absolute atomic E-state index is 0.641. The molecule has 2 aliphatic rings. The van der Waals surface area contributed by atoms with Crippen LogP contribution in [0.3, 0.4) is 0 Å². The SMILES string of the molecule is Cc1nn(C)c(N2CCOCC2)c1CNCc1ccc([C@@H]2C[C@@H]2C)o1. The van der Waals surface area contributed by atoms with E-state index in [1.807, 2.05) is 11.7 Å². The Kier molecular flexibility index (Phi) is 4.56. The minimum Gasteiger partial charge on any atom is -0.464 e. The molecule has 2 aromatic heterocycles.